The molecule has 1 amide bonds. The quantitative estimate of drug-likeness (QED) is 0.733. The minimum absolute atomic E-state index is 0.0376. The van der Waals surface area contributed by atoms with E-state index in [1.54, 1.807) is 0 Å². The molecule has 2 saturated carbocycles. The standard InChI is InChI=1S/C11H17NO3/c13-10(6-7-4-5-7)12-9-3-1-2-8(9)11(14)15/h7-9H,1-6H2,(H,12,13)(H,14,15). The van der Waals surface area contributed by atoms with E-state index in [2.05, 4.69) is 5.32 Å². The van der Waals surface area contributed by atoms with Crippen LogP contribution in [-0.4, -0.2) is 23.0 Å². The lowest BCUT2D eigenvalue weighted by Gasteiger charge is -2.17. The molecule has 0 aromatic carbocycles. The molecule has 4 heteroatoms. The van der Waals surface area contributed by atoms with Crippen LogP contribution in [0.25, 0.3) is 0 Å². The molecule has 0 aromatic rings. The number of aliphatic carboxylic acids is 1. The number of nitrogens with one attached hydrogen (secondary N) is 1. The highest BCUT2D eigenvalue weighted by molar-refractivity contribution is 5.78. The summed E-state index contributed by atoms with van der Waals surface area (Å²) >= 11 is 0. The van der Waals surface area contributed by atoms with Gasteiger partial charge in [0.1, 0.15) is 0 Å². The fraction of sp³-hybridized carbons (Fsp3) is 0.818. The van der Waals surface area contributed by atoms with Gasteiger partial charge in [0.15, 0.2) is 0 Å². The number of rotatable bonds is 4. The Kier molecular flexibility index (Phi) is 2.93. The summed E-state index contributed by atoms with van der Waals surface area (Å²) in [6.07, 6.45) is 5.31. The molecule has 2 aliphatic carbocycles. The topological polar surface area (TPSA) is 66.4 Å². The SMILES string of the molecule is O=C(CC1CC1)NC1CCCC1C(=O)O. The zero-order valence-electron chi connectivity index (χ0n) is 8.74. The maximum absolute atomic E-state index is 11.5. The van der Waals surface area contributed by atoms with Gasteiger partial charge in [0.05, 0.1) is 5.92 Å². The monoisotopic (exact) mass is 211 g/mol. The van der Waals surface area contributed by atoms with Crippen LogP contribution < -0.4 is 5.32 Å². The lowest BCUT2D eigenvalue weighted by atomic mass is 10.0. The zero-order valence-corrected chi connectivity index (χ0v) is 8.74. The van der Waals surface area contributed by atoms with E-state index in [0.717, 1.165) is 25.7 Å². The maximum Gasteiger partial charge on any atom is 0.308 e. The first-order valence-electron chi connectivity index (χ1n) is 5.69. The average Bonchev–Trinajstić information content (AvgIpc) is 2.82. The van der Waals surface area contributed by atoms with E-state index in [4.69, 9.17) is 5.11 Å². The van der Waals surface area contributed by atoms with E-state index < -0.39 is 5.97 Å². The first kappa shape index (κ1) is 10.5. The van der Waals surface area contributed by atoms with Crippen molar-refractivity contribution in [3.63, 3.8) is 0 Å². The van der Waals surface area contributed by atoms with E-state index in [-0.39, 0.29) is 17.9 Å². The molecule has 2 rings (SSSR count). The molecule has 15 heavy (non-hydrogen) atoms. The summed E-state index contributed by atoms with van der Waals surface area (Å²) in [4.78, 5) is 22.4. The van der Waals surface area contributed by atoms with Gasteiger partial charge in [-0.05, 0) is 31.6 Å². The van der Waals surface area contributed by atoms with Crippen molar-refractivity contribution in [2.24, 2.45) is 11.8 Å². The molecule has 0 radical (unpaired) electrons. The van der Waals surface area contributed by atoms with Crippen molar-refractivity contribution >= 4 is 11.9 Å². The van der Waals surface area contributed by atoms with Crippen molar-refractivity contribution in [1.82, 2.24) is 5.32 Å². The molecule has 2 unspecified atom stereocenters. The van der Waals surface area contributed by atoms with Crippen molar-refractivity contribution in [2.75, 3.05) is 0 Å². The van der Waals surface area contributed by atoms with Crippen LogP contribution in [-0.2, 0) is 9.59 Å². The molecule has 2 fully saturated rings. The van der Waals surface area contributed by atoms with E-state index in [9.17, 15) is 9.59 Å². The first-order valence-corrected chi connectivity index (χ1v) is 5.69. The van der Waals surface area contributed by atoms with Gasteiger partial charge in [-0.3, -0.25) is 9.59 Å². The predicted octanol–water partition coefficient (Wildman–Crippen LogP) is 1.16. The molecule has 0 aromatic heterocycles. The second-order valence-corrected chi connectivity index (χ2v) is 4.70. The van der Waals surface area contributed by atoms with Crippen LogP contribution in [0.3, 0.4) is 0 Å². The fourth-order valence-electron chi connectivity index (χ4n) is 2.28. The lowest BCUT2D eigenvalue weighted by Crippen LogP contribution is -2.40. The van der Waals surface area contributed by atoms with Crippen molar-refractivity contribution in [3.8, 4) is 0 Å². The highest BCUT2D eigenvalue weighted by Gasteiger charge is 2.34. The van der Waals surface area contributed by atoms with Crippen molar-refractivity contribution in [1.29, 1.82) is 0 Å². The Morgan fingerprint density at radius 2 is 1.93 bits per heavy atom. The van der Waals surface area contributed by atoms with Crippen LogP contribution in [0.4, 0.5) is 0 Å². The number of amides is 1. The predicted molar refractivity (Wildman–Crippen MR) is 54.2 cm³/mol. The van der Waals surface area contributed by atoms with E-state index in [0.29, 0.717) is 18.8 Å². The minimum Gasteiger partial charge on any atom is -0.481 e. The molecule has 0 bridgehead atoms. The highest BCUT2D eigenvalue weighted by Crippen LogP contribution is 2.32. The highest BCUT2D eigenvalue weighted by atomic mass is 16.4. The second-order valence-electron chi connectivity index (χ2n) is 4.70. The summed E-state index contributed by atoms with van der Waals surface area (Å²) in [5, 5.41) is 11.8. The van der Waals surface area contributed by atoms with Gasteiger partial charge in [-0.15, -0.1) is 0 Å². The summed E-state index contributed by atoms with van der Waals surface area (Å²) in [6.45, 7) is 0. The van der Waals surface area contributed by atoms with Crippen LogP contribution >= 0.6 is 0 Å². The summed E-state index contributed by atoms with van der Waals surface area (Å²) in [6, 6.07) is -0.131. The maximum atomic E-state index is 11.5. The van der Waals surface area contributed by atoms with Gasteiger partial charge in [-0.2, -0.15) is 0 Å². The van der Waals surface area contributed by atoms with Gasteiger partial charge >= 0.3 is 5.97 Å². The number of hydrogen-bond donors (Lipinski definition) is 2. The number of carboxylic acids is 1. The Balaban J connectivity index is 1.81. The third-order valence-corrected chi connectivity index (χ3v) is 3.35. The molecule has 84 valence electrons. The summed E-state index contributed by atoms with van der Waals surface area (Å²) < 4.78 is 0. The molecule has 4 nitrogen and oxygen atoms in total. The lowest BCUT2D eigenvalue weighted by molar-refractivity contribution is -0.142. The molecule has 2 aliphatic rings. The smallest absolute Gasteiger partial charge is 0.308 e. The number of carbonyl (C=O) groups excluding carboxylic acids is 1. The van der Waals surface area contributed by atoms with Crippen LogP contribution in [0.2, 0.25) is 0 Å². The van der Waals surface area contributed by atoms with Gasteiger partial charge in [0.25, 0.3) is 0 Å². The van der Waals surface area contributed by atoms with Crippen molar-refractivity contribution in [3.05, 3.63) is 0 Å². The third kappa shape index (κ3) is 2.70. The van der Waals surface area contributed by atoms with Crippen LogP contribution in [0, 0.1) is 11.8 Å². The van der Waals surface area contributed by atoms with Gasteiger partial charge < -0.3 is 10.4 Å². The van der Waals surface area contributed by atoms with Crippen molar-refractivity contribution < 1.29 is 14.7 Å². The molecule has 0 aliphatic heterocycles. The minimum atomic E-state index is -0.774. The number of hydrogen-bond acceptors (Lipinski definition) is 2. The van der Waals surface area contributed by atoms with Gasteiger partial charge in [-0.1, -0.05) is 6.42 Å². The largest absolute Gasteiger partial charge is 0.481 e. The molecule has 2 N–H and O–H groups in total. The molecule has 0 heterocycles. The number of carboxylic acid groups (broad SMARTS) is 1. The van der Waals surface area contributed by atoms with E-state index in [1.807, 2.05) is 0 Å². The Labute approximate surface area is 89.0 Å². The Hall–Kier alpha value is -1.06. The van der Waals surface area contributed by atoms with Gasteiger partial charge in [0, 0.05) is 12.5 Å². The Bertz CT molecular complexity index is 273. The third-order valence-electron chi connectivity index (χ3n) is 3.35. The fourth-order valence-corrected chi connectivity index (χ4v) is 2.28. The first-order chi connectivity index (χ1) is 7.16. The van der Waals surface area contributed by atoms with Crippen LogP contribution in [0.15, 0.2) is 0 Å². The molecule has 0 saturated heterocycles. The van der Waals surface area contributed by atoms with E-state index in [1.165, 1.54) is 0 Å². The zero-order chi connectivity index (χ0) is 10.8. The summed E-state index contributed by atoms with van der Waals surface area (Å²) in [7, 11) is 0. The summed E-state index contributed by atoms with van der Waals surface area (Å²) in [5.41, 5.74) is 0. The normalized spacial score (nSPS) is 30.1. The molecular weight excluding hydrogens is 194 g/mol. The molecule has 2 atom stereocenters. The van der Waals surface area contributed by atoms with Crippen LogP contribution in [0.1, 0.15) is 38.5 Å². The Morgan fingerprint density at radius 1 is 1.20 bits per heavy atom. The van der Waals surface area contributed by atoms with Crippen LogP contribution in [0.5, 0.6) is 0 Å². The van der Waals surface area contributed by atoms with E-state index >= 15 is 0 Å². The Morgan fingerprint density at radius 3 is 2.53 bits per heavy atom. The number of carbonyl (C=O) groups is 2. The molecular formula is C11H17NO3. The average molecular weight is 211 g/mol. The summed E-state index contributed by atoms with van der Waals surface area (Å²) in [5.74, 6) is -0.539. The second kappa shape index (κ2) is 4.21. The molecule has 0 spiro atoms. The van der Waals surface area contributed by atoms with Gasteiger partial charge in [-0.25, -0.2) is 0 Å². The van der Waals surface area contributed by atoms with Gasteiger partial charge in [0.2, 0.25) is 5.91 Å². The van der Waals surface area contributed by atoms with Crippen molar-refractivity contribution in [2.45, 2.75) is 44.6 Å².